The number of hydrogen-bond donors (Lipinski definition) is 1. The second-order valence-corrected chi connectivity index (χ2v) is 3.96. The van der Waals surface area contributed by atoms with E-state index >= 15 is 0 Å². The Morgan fingerprint density at radius 1 is 0.947 bits per heavy atom. The number of amides is 1. The van der Waals surface area contributed by atoms with Gasteiger partial charge >= 0.3 is 0 Å². The summed E-state index contributed by atoms with van der Waals surface area (Å²) in [5, 5.41) is 0. The Morgan fingerprint density at radius 3 is 2.11 bits per heavy atom. The SMILES string of the molecule is COc1c(C(N)=O)ccc(-c2ccccc2)c1OC. The van der Waals surface area contributed by atoms with Crippen molar-refractivity contribution in [3.05, 3.63) is 48.0 Å². The fourth-order valence-electron chi connectivity index (χ4n) is 2.01. The summed E-state index contributed by atoms with van der Waals surface area (Å²) >= 11 is 0. The fourth-order valence-corrected chi connectivity index (χ4v) is 2.01. The van der Waals surface area contributed by atoms with Crippen LogP contribution < -0.4 is 15.2 Å². The molecule has 0 spiro atoms. The molecule has 0 bridgehead atoms. The molecule has 0 aromatic heterocycles. The zero-order chi connectivity index (χ0) is 13.8. The molecular formula is C15H15NO3. The standard InChI is InChI=1S/C15H15NO3/c1-18-13-11(10-6-4-3-5-7-10)8-9-12(15(16)17)14(13)19-2/h3-9H,1-2H3,(H2,16,17). The molecule has 4 heteroatoms. The van der Waals surface area contributed by atoms with Crippen molar-refractivity contribution in [3.8, 4) is 22.6 Å². The first-order valence-electron chi connectivity index (χ1n) is 5.79. The molecule has 2 N–H and O–H groups in total. The highest BCUT2D eigenvalue weighted by Gasteiger charge is 2.18. The third-order valence-corrected chi connectivity index (χ3v) is 2.87. The van der Waals surface area contributed by atoms with Crippen LogP contribution in [0.1, 0.15) is 10.4 Å². The Kier molecular flexibility index (Phi) is 3.71. The predicted molar refractivity (Wildman–Crippen MR) is 73.5 cm³/mol. The summed E-state index contributed by atoms with van der Waals surface area (Å²) in [5.41, 5.74) is 7.46. The molecule has 98 valence electrons. The summed E-state index contributed by atoms with van der Waals surface area (Å²) in [6.07, 6.45) is 0. The topological polar surface area (TPSA) is 61.5 Å². The molecule has 0 aliphatic heterocycles. The molecule has 0 aliphatic carbocycles. The fraction of sp³-hybridized carbons (Fsp3) is 0.133. The lowest BCUT2D eigenvalue weighted by molar-refractivity contribution is 0.0997. The van der Waals surface area contributed by atoms with Crippen molar-refractivity contribution in [1.82, 2.24) is 0 Å². The molecule has 2 rings (SSSR count). The van der Waals surface area contributed by atoms with E-state index in [2.05, 4.69) is 0 Å². The van der Waals surface area contributed by atoms with E-state index in [1.54, 1.807) is 12.1 Å². The average molecular weight is 257 g/mol. The maximum absolute atomic E-state index is 11.4. The van der Waals surface area contributed by atoms with Gasteiger partial charge in [-0.3, -0.25) is 4.79 Å². The first-order valence-corrected chi connectivity index (χ1v) is 5.79. The molecule has 19 heavy (non-hydrogen) atoms. The van der Waals surface area contributed by atoms with E-state index < -0.39 is 5.91 Å². The van der Waals surface area contributed by atoms with Crippen molar-refractivity contribution < 1.29 is 14.3 Å². The van der Waals surface area contributed by atoms with E-state index in [1.165, 1.54) is 14.2 Å². The molecule has 2 aromatic rings. The van der Waals surface area contributed by atoms with Gasteiger partial charge in [0, 0.05) is 5.56 Å². The van der Waals surface area contributed by atoms with E-state index in [4.69, 9.17) is 15.2 Å². The molecule has 0 atom stereocenters. The molecule has 0 heterocycles. The smallest absolute Gasteiger partial charge is 0.252 e. The van der Waals surface area contributed by atoms with Crippen LogP contribution in [0.25, 0.3) is 11.1 Å². The molecule has 0 saturated carbocycles. The van der Waals surface area contributed by atoms with E-state index in [9.17, 15) is 4.79 Å². The quantitative estimate of drug-likeness (QED) is 0.915. The highest BCUT2D eigenvalue weighted by Crippen LogP contribution is 2.40. The third-order valence-electron chi connectivity index (χ3n) is 2.87. The number of nitrogens with two attached hydrogens (primary N) is 1. The van der Waals surface area contributed by atoms with Crippen molar-refractivity contribution in [2.45, 2.75) is 0 Å². The minimum Gasteiger partial charge on any atom is -0.492 e. The minimum atomic E-state index is -0.547. The van der Waals surface area contributed by atoms with Crippen LogP contribution in [-0.4, -0.2) is 20.1 Å². The van der Waals surface area contributed by atoms with Gasteiger partial charge in [0.2, 0.25) is 0 Å². The van der Waals surface area contributed by atoms with Gasteiger partial charge in [0.25, 0.3) is 5.91 Å². The van der Waals surface area contributed by atoms with E-state index in [-0.39, 0.29) is 0 Å². The lowest BCUT2D eigenvalue weighted by Gasteiger charge is -2.15. The van der Waals surface area contributed by atoms with Gasteiger partial charge in [-0.15, -0.1) is 0 Å². The van der Waals surface area contributed by atoms with Gasteiger partial charge < -0.3 is 15.2 Å². The summed E-state index contributed by atoms with van der Waals surface area (Å²) in [4.78, 5) is 11.4. The maximum atomic E-state index is 11.4. The number of primary amides is 1. The van der Waals surface area contributed by atoms with Gasteiger partial charge in [0.15, 0.2) is 11.5 Å². The number of hydrogen-bond acceptors (Lipinski definition) is 3. The Bertz CT molecular complexity index is 594. The monoisotopic (exact) mass is 257 g/mol. The molecule has 0 saturated heterocycles. The lowest BCUT2D eigenvalue weighted by atomic mass is 10.0. The van der Waals surface area contributed by atoms with Gasteiger partial charge in [0.05, 0.1) is 19.8 Å². The average Bonchev–Trinajstić information content (AvgIpc) is 2.46. The molecule has 0 unspecified atom stereocenters. The van der Waals surface area contributed by atoms with Gasteiger partial charge in [-0.1, -0.05) is 30.3 Å². The Balaban J connectivity index is 2.67. The van der Waals surface area contributed by atoms with Crippen LogP contribution in [0.4, 0.5) is 0 Å². The summed E-state index contributed by atoms with van der Waals surface area (Å²) in [7, 11) is 3.02. The third kappa shape index (κ3) is 2.38. The Hall–Kier alpha value is -2.49. The van der Waals surface area contributed by atoms with Crippen molar-refractivity contribution in [1.29, 1.82) is 0 Å². The van der Waals surface area contributed by atoms with Crippen LogP contribution in [0.5, 0.6) is 11.5 Å². The molecule has 1 amide bonds. The minimum absolute atomic E-state index is 0.305. The number of methoxy groups -OCH3 is 2. The van der Waals surface area contributed by atoms with Crippen LogP contribution >= 0.6 is 0 Å². The maximum Gasteiger partial charge on any atom is 0.252 e. The second kappa shape index (κ2) is 5.44. The Labute approximate surface area is 111 Å². The highest BCUT2D eigenvalue weighted by atomic mass is 16.5. The number of carbonyl (C=O) groups is 1. The highest BCUT2D eigenvalue weighted by molar-refractivity contribution is 5.98. The van der Waals surface area contributed by atoms with Crippen LogP contribution in [0.15, 0.2) is 42.5 Å². The van der Waals surface area contributed by atoms with Gasteiger partial charge in [0.1, 0.15) is 0 Å². The van der Waals surface area contributed by atoms with Gasteiger partial charge in [-0.05, 0) is 17.7 Å². The van der Waals surface area contributed by atoms with E-state index in [0.29, 0.717) is 17.1 Å². The van der Waals surface area contributed by atoms with Crippen molar-refractivity contribution in [3.63, 3.8) is 0 Å². The first-order chi connectivity index (χ1) is 9.19. The lowest BCUT2D eigenvalue weighted by Crippen LogP contribution is -2.13. The predicted octanol–water partition coefficient (Wildman–Crippen LogP) is 2.47. The molecular weight excluding hydrogens is 242 g/mol. The van der Waals surface area contributed by atoms with Crippen molar-refractivity contribution >= 4 is 5.91 Å². The zero-order valence-electron chi connectivity index (χ0n) is 10.8. The number of benzene rings is 2. The van der Waals surface area contributed by atoms with Gasteiger partial charge in [-0.25, -0.2) is 0 Å². The van der Waals surface area contributed by atoms with Crippen molar-refractivity contribution in [2.24, 2.45) is 5.73 Å². The first kappa shape index (κ1) is 13.0. The summed E-state index contributed by atoms with van der Waals surface area (Å²) in [5.74, 6) is 0.316. The normalized spacial score (nSPS) is 10.0. The number of carbonyl (C=O) groups excluding carboxylic acids is 1. The largest absolute Gasteiger partial charge is 0.492 e. The molecule has 0 radical (unpaired) electrons. The summed E-state index contributed by atoms with van der Waals surface area (Å²) < 4.78 is 10.6. The van der Waals surface area contributed by atoms with Gasteiger partial charge in [-0.2, -0.15) is 0 Å². The zero-order valence-corrected chi connectivity index (χ0v) is 10.8. The number of ether oxygens (including phenoxy) is 2. The van der Waals surface area contributed by atoms with E-state index in [0.717, 1.165) is 11.1 Å². The van der Waals surface area contributed by atoms with Crippen LogP contribution in [0.2, 0.25) is 0 Å². The van der Waals surface area contributed by atoms with E-state index in [1.807, 2.05) is 30.3 Å². The summed E-state index contributed by atoms with van der Waals surface area (Å²) in [6, 6.07) is 13.2. The van der Waals surface area contributed by atoms with Crippen LogP contribution in [0.3, 0.4) is 0 Å². The molecule has 0 aliphatic rings. The molecule has 0 fully saturated rings. The summed E-state index contributed by atoms with van der Waals surface area (Å²) in [6.45, 7) is 0. The van der Waals surface area contributed by atoms with Crippen LogP contribution in [0, 0.1) is 0 Å². The number of rotatable bonds is 4. The van der Waals surface area contributed by atoms with Crippen LogP contribution in [-0.2, 0) is 0 Å². The second-order valence-electron chi connectivity index (χ2n) is 3.96. The molecule has 2 aromatic carbocycles. The Morgan fingerprint density at radius 2 is 1.58 bits per heavy atom. The van der Waals surface area contributed by atoms with Crippen molar-refractivity contribution in [2.75, 3.05) is 14.2 Å². The molecule has 4 nitrogen and oxygen atoms in total.